The number of hydrogen-bond donors (Lipinski definition) is 1. The minimum Gasteiger partial charge on any atom is -0.497 e. The van der Waals surface area contributed by atoms with E-state index < -0.39 is 28.5 Å². The van der Waals surface area contributed by atoms with Crippen LogP contribution in [-0.4, -0.2) is 57.1 Å². The summed E-state index contributed by atoms with van der Waals surface area (Å²) in [4.78, 5) is 28.3. The summed E-state index contributed by atoms with van der Waals surface area (Å²) in [7, 11) is -2.18. The molecule has 0 unspecified atom stereocenters. The first-order valence-corrected chi connectivity index (χ1v) is 14.3. The number of amides is 2. The molecule has 1 saturated carbocycles. The van der Waals surface area contributed by atoms with E-state index >= 15 is 0 Å². The van der Waals surface area contributed by atoms with Crippen molar-refractivity contribution >= 4 is 27.5 Å². The molecule has 1 aliphatic carbocycles. The molecule has 3 rings (SSSR count). The highest BCUT2D eigenvalue weighted by Crippen LogP contribution is 2.24. The Morgan fingerprint density at radius 3 is 2.31 bits per heavy atom. The first-order valence-electron chi connectivity index (χ1n) is 12.4. The van der Waals surface area contributed by atoms with Gasteiger partial charge in [0.2, 0.25) is 21.8 Å². The van der Waals surface area contributed by atoms with Crippen molar-refractivity contribution in [3.05, 3.63) is 59.7 Å². The van der Waals surface area contributed by atoms with Gasteiger partial charge in [-0.3, -0.25) is 13.9 Å². The second-order valence-corrected chi connectivity index (χ2v) is 11.2. The van der Waals surface area contributed by atoms with Crippen LogP contribution in [0.15, 0.2) is 48.5 Å². The predicted molar refractivity (Wildman–Crippen MR) is 141 cm³/mol. The second-order valence-electron chi connectivity index (χ2n) is 9.29. The number of carbonyl (C=O) groups excluding carboxylic acids is 2. The van der Waals surface area contributed by atoms with Gasteiger partial charge in [0.05, 0.1) is 19.1 Å². The Morgan fingerprint density at radius 1 is 1.08 bits per heavy atom. The van der Waals surface area contributed by atoms with Gasteiger partial charge >= 0.3 is 0 Å². The largest absolute Gasteiger partial charge is 0.497 e. The summed E-state index contributed by atoms with van der Waals surface area (Å²) < 4.78 is 31.9. The third-order valence-electron chi connectivity index (χ3n) is 6.70. The lowest BCUT2D eigenvalue weighted by Crippen LogP contribution is -2.52. The van der Waals surface area contributed by atoms with E-state index in [4.69, 9.17) is 4.74 Å². The van der Waals surface area contributed by atoms with Crippen LogP contribution in [-0.2, 0) is 32.6 Å². The predicted octanol–water partition coefficient (Wildman–Crippen LogP) is 3.50. The van der Waals surface area contributed by atoms with E-state index in [1.807, 2.05) is 31.2 Å². The highest BCUT2D eigenvalue weighted by Gasteiger charge is 2.31. The van der Waals surface area contributed by atoms with Crippen LogP contribution in [0.1, 0.15) is 50.7 Å². The van der Waals surface area contributed by atoms with Crippen LogP contribution >= 0.6 is 0 Å². The number of para-hydroxylation sites is 1. The van der Waals surface area contributed by atoms with Crippen LogP contribution in [0.4, 0.5) is 5.69 Å². The summed E-state index contributed by atoms with van der Waals surface area (Å²) in [6.07, 6.45) is 5.73. The highest BCUT2D eigenvalue weighted by atomic mass is 32.2. The number of methoxy groups -OCH3 is 1. The molecule has 36 heavy (non-hydrogen) atoms. The van der Waals surface area contributed by atoms with Gasteiger partial charge in [0.1, 0.15) is 18.3 Å². The normalized spacial score (nSPS) is 14.8. The highest BCUT2D eigenvalue weighted by molar-refractivity contribution is 7.92. The lowest BCUT2D eigenvalue weighted by molar-refractivity contribution is -0.139. The van der Waals surface area contributed by atoms with Crippen molar-refractivity contribution in [1.29, 1.82) is 0 Å². The van der Waals surface area contributed by atoms with E-state index in [-0.39, 0.29) is 18.5 Å². The maximum Gasteiger partial charge on any atom is 0.244 e. The minimum atomic E-state index is -3.76. The van der Waals surface area contributed by atoms with Crippen LogP contribution in [0, 0.1) is 0 Å². The molecule has 8 nitrogen and oxygen atoms in total. The van der Waals surface area contributed by atoms with Crippen molar-refractivity contribution in [2.75, 3.05) is 24.2 Å². The zero-order valence-corrected chi connectivity index (χ0v) is 22.4. The number of ether oxygens (including phenoxy) is 1. The van der Waals surface area contributed by atoms with Crippen LogP contribution in [0.2, 0.25) is 0 Å². The van der Waals surface area contributed by atoms with Crippen LogP contribution in [0.5, 0.6) is 5.75 Å². The van der Waals surface area contributed by atoms with E-state index in [0.29, 0.717) is 17.9 Å². The molecule has 1 fully saturated rings. The molecule has 0 heterocycles. The van der Waals surface area contributed by atoms with Crippen molar-refractivity contribution in [3.63, 3.8) is 0 Å². The van der Waals surface area contributed by atoms with Crippen molar-refractivity contribution in [3.8, 4) is 5.75 Å². The summed E-state index contributed by atoms with van der Waals surface area (Å²) in [5.74, 6) is 0.00271. The molecular weight excluding hydrogens is 478 g/mol. The Morgan fingerprint density at radius 2 is 1.72 bits per heavy atom. The molecule has 9 heteroatoms. The number of nitrogens with one attached hydrogen (secondary N) is 1. The number of anilines is 1. The van der Waals surface area contributed by atoms with Crippen molar-refractivity contribution in [1.82, 2.24) is 10.2 Å². The zero-order valence-electron chi connectivity index (χ0n) is 21.6. The van der Waals surface area contributed by atoms with Crippen LogP contribution in [0.25, 0.3) is 0 Å². The summed E-state index contributed by atoms with van der Waals surface area (Å²) >= 11 is 0. The zero-order chi connectivity index (χ0) is 26.3. The van der Waals surface area contributed by atoms with Crippen LogP contribution in [0.3, 0.4) is 0 Å². The van der Waals surface area contributed by atoms with Crippen LogP contribution < -0.4 is 14.4 Å². The van der Waals surface area contributed by atoms with Gasteiger partial charge in [0, 0.05) is 12.6 Å². The number of benzene rings is 2. The fraction of sp³-hybridized carbons (Fsp3) is 0.481. The minimum absolute atomic E-state index is 0.113. The van der Waals surface area contributed by atoms with Gasteiger partial charge in [-0.15, -0.1) is 0 Å². The maximum absolute atomic E-state index is 13.7. The standard InChI is InChI=1S/C27H37N3O5S/c1-5-22-10-6-9-13-25(22)30(36(4,33)34)19-26(31)29(18-21-14-16-24(35-3)17-15-21)20(2)27(32)28-23-11-7-8-12-23/h6,9-10,13-17,20,23H,5,7-8,11-12,18-19H2,1-4H3,(H,28,32)/t20-/m1/s1. The van der Waals surface area contributed by atoms with Crippen molar-refractivity contribution in [2.45, 2.75) is 64.6 Å². The summed E-state index contributed by atoms with van der Waals surface area (Å²) in [6.45, 7) is 3.39. The first kappa shape index (κ1) is 27.5. The lowest BCUT2D eigenvalue weighted by Gasteiger charge is -2.32. The number of rotatable bonds is 11. The third kappa shape index (κ3) is 7.00. The van der Waals surface area contributed by atoms with E-state index in [1.54, 1.807) is 38.3 Å². The van der Waals surface area contributed by atoms with E-state index in [1.165, 1.54) is 4.90 Å². The average molecular weight is 516 g/mol. The molecule has 0 bridgehead atoms. The quantitative estimate of drug-likeness (QED) is 0.494. The molecule has 1 aliphatic rings. The fourth-order valence-electron chi connectivity index (χ4n) is 4.55. The van der Waals surface area contributed by atoms with Gasteiger partial charge in [-0.1, -0.05) is 50.1 Å². The second kappa shape index (κ2) is 12.3. The number of aryl methyl sites for hydroxylation is 1. The summed E-state index contributed by atoms with van der Waals surface area (Å²) in [5, 5.41) is 3.07. The molecule has 0 aliphatic heterocycles. The number of nitrogens with zero attached hydrogens (tertiary/aromatic N) is 2. The van der Waals surface area contributed by atoms with Gasteiger partial charge in [-0.25, -0.2) is 8.42 Å². The molecule has 1 N–H and O–H groups in total. The number of sulfonamides is 1. The maximum atomic E-state index is 13.7. The monoisotopic (exact) mass is 515 g/mol. The van der Waals surface area contributed by atoms with Crippen molar-refractivity contribution < 1.29 is 22.7 Å². The Hall–Kier alpha value is -3.07. The molecule has 2 amide bonds. The van der Waals surface area contributed by atoms with Gasteiger partial charge in [0.25, 0.3) is 0 Å². The summed E-state index contributed by atoms with van der Waals surface area (Å²) in [6, 6.07) is 13.7. The Kier molecular flexibility index (Phi) is 9.37. The van der Waals surface area contributed by atoms with Gasteiger partial charge in [0.15, 0.2) is 0 Å². The Balaban J connectivity index is 1.90. The third-order valence-corrected chi connectivity index (χ3v) is 7.83. The molecule has 0 spiro atoms. The molecular formula is C27H37N3O5S. The molecule has 2 aromatic rings. The topological polar surface area (TPSA) is 96.0 Å². The molecule has 0 aromatic heterocycles. The molecule has 2 aromatic carbocycles. The van der Waals surface area contributed by atoms with E-state index in [9.17, 15) is 18.0 Å². The number of hydrogen-bond acceptors (Lipinski definition) is 5. The lowest BCUT2D eigenvalue weighted by atomic mass is 10.1. The molecule has 0 saturated heterocycles. The smallest absolute Gasteiger partial charge is 0.244 e. The Labute approximate surface area is 214 Å². The molecule has 1 atom stereocenters. The van der Waals surface area contributed by atoms with Gasteiger partial charge in [-0.2, -0.15) is 0 Å². The Bertz CT molecular complexity index is 1140. The number of carbonyl (C=O) groups is 2. The molecule has 0 radical (unpaired) electrons. The van der Waals surface area contributed by atoms with E-state index in [0.717, 1.165) is 47.4 Å². The van der Waals surface area contributed by atoms with Crippen molar-refractivity contribution in [2.24, 2.45) is 0 Å². The first-order chi connectivity index (χ1) is 17.1. The average Bonchev–Trinajstić information content (AvgIpc) is 3.38. The molecule has 196 valence electrons. The van der Waals surface area contributed by atoms with Gasteiger partial charge < -0.3 is 15.0 Å². The fourth-order valence-corrected chi connectivity index (χ4v) is 5.43. The SMILES string of the molecule is CCc1ccccc1N(CC(=O)N(Cc1ccc(OC)cc1)[C@H](C)C(=O)NC1CCCC1)S(C)(=O)=O. The van der Waals surface area contributed by atoms with Gasteiger partial charge in [-0.05, 0) is 55.5 Å². The van der Waals surface area contributed by atoms with E-state index in [2.05, 4.69) is 5.32 Å². The summed E-state index contributed by atoms with van der Waals surface area (Å²) in [5.41, 5.74) is 2.11.